The normalized spacial score (nSPS) is 16.3. The predicted molar refractivity (Wildman–Crippen MR) is 115 cm³/mol. The first-order valence-corrected chi connectivity index (χ1v) is 10.2. The zero-order chi connectivity index (χ0) is 18.9. The quantitative estimate of drug-likeness (QED) is 0.493. The maximum atomic E-state index is 4.54. The fourth-order valence-electron chi connectivity index (χ4n) is 4.35. The Balaban J connectivity index is 1.36. The van der Waals surface area contributed by atoms with E-state index < -0.39 is 0 Å². The molecule has 5 rings (SSSR count). The molecule has 0 radical (unpaired) electrons. The van der Waals surface area contributed by atoms with Gasteiger partial charge in [0.1, 0.15) is 5.69 Å². The summed E-state index contributed by atoms with van der Waals surface area (Å²) in [6.45, 7) is 4.45. The van der Waals surface area contributed by atoms with Gasteiger partial charge in [0.05, 0.1) is 11.2 Å². The average Bonchev–Trinajstić information content (AvgIpc) is 3.33. The molecule has 2 aromatic carbocycles. The molecule has 5 nitrogen and oxygen atoms in total. The van der Waals surface area contributed by atoms with E-state index in [1.165, 1.54) is 42.4 Å². The summed E-state index contributed by atoms with van der Waals surface area (Å²) >= 11 is 0. The van der Waals surface area contributed by atoms with E-state index in [1.807, 2.05) is 6.07 Å². The van der Waals surface area contributed by atoms with E-state index in [2.05, 4.69) is 74.9 Å². The highest BCUT2D eigenvalue weighted by Crippen LogP contribution is 2.30. The number of rotatable bonds is 5. The van der Waals surface area contributed by atoms with Gasteiger partial charge in [0.15, 0.2) is 0 Å². The van der Waals surface area contributed by atoms with Crippen molar-refractivity contribution in [3.63, 3.8) is 0 Å². The van der Waals surface area contributed by atoms with Gasteiger partial charge in [-0.05, 0) is 69.2 Å². The van der Waals surface area contributed by atoms with Crippen LogP contribution in [0.2, 0.25) is 0 Å². The molecule has 1 fully saturated rings. The second-order valence-electron chi connectivity index (χ2n) is 8.06. The third-order valence-electron chi connectivity index (χ3n) is 6.07. The predicted octanol–water partition coefficient (Wildman–Crippen LogP) is 4.14. The van der Waals surface area contributed by atoms with Crippen molar-refractivity contribution in [2.75, 3.05) is 26.7 Å². The molecule has 0 saturated carbocycles. The highest BCUT2D eigenvalue weighted by atomic mass is 15.1. The summed E-state index contributed by atoms with van der Waals surface area (Å²) in [5.74, 6) is 0.799. The summed E-state index contributed by atoms with van der Waals surface area (Å²) in [6.07, 6.45) is 2.60. The largest absolute Gasteiger partial charge is 0.353 e. The summed E-state index contributed by atoms with van der Waals surface area (Å²) in [5.41, 5.74) is 5.62. The number of piperidine rings is 1. The number of benzene rings is 2. The Bertz CT molecular complexity index is 1080. The van der Waals surface area contributed by atoms with Crippen LogP contribution in [0.4, 0.5) is 0 Å². The molecule has 0 atom stereocenters. The lowest BCUT2D eigenvalue weighted by Gasteiger charge is -2.29. The number of nitrogens with one attached hydrogen (secondary N) is 3. The molecule has 1 aliphatic heterocycles. The third-order valence-corrected chi connectivity index (χ3v) is 6.07. The maximum Gasteiger partial charge on any atom is 0.116 e. The van der Waals surface area contributed by atoms with Crippen LogP contribution in [0.3, 0.4) is 0 Å². The number of hydrogen-bond acceptors (Lipinski definition) is 3. The number of hydrogen-bond donors (Lipinski definition) is 3. The van der Waals surface area contributed by atoms with Gasteiger partial charge in [0.2, 0.25) is 0 Å². The van der Waals surface area contributed by atoms with Crippen LogP contribution in [0.25, 0.3) is 33.2 Å². The van der Waals surface area contributed by atoms with E-state index in [1.54, 1.807) is 0 Å². The molecule has 0 spiro atoms. The average molecular weight is 374 g/mol. The van der Waals surface area contributed by atoms with E-state index >= 15 is 0 Å². The van der Waals surface area contributed by atoms with E-state index in [0.29, 0.717) is 0 Å². The number of nitrogens with zero attached hydrogens (tertiary/aromatic N) is 2. The van der Waals surface area contributed by atoms with Crippen molar-refractivity contribution in [3.8, 4) is 11.4 Å². The Morgan fingerprint density at radius 2 is 1.86 bits per heavy atom. The monoisotopic (exact) mass is 373 g/mol. The van der Waals surface area contributed by atoms with Gasteiger partial charge in [-0.2, -0.15) is 5.10 Å². The zero-order valence-electron chi connectivity index (χ0n) is 16.3. The lowest BCUT2D eigenvalue weighted by Crippen LogP contribution is -2.34. The summed E-state index contributed by atoms with van der Waals surface area (Å²) in [5, 5.41) is 13.8. The van der Waals surface area contributed by atoms with Gasteiger partial charge in [0.25, 0.3) is 0 Å². The number of H-pyrrole nitrogens is 2. The maximum absolute atomic E-state index is 4.54. The Kier molecular flexibility index (Phi) is 4.63. The van der Waals surface area contributed by atoms with Crippen molar-refractivity contribution in [2.24, 2.45) is 5.92 Å². The number of para-hydroxylation sites is 1. The van der Waals surface area contributed by atoms with Crippen LogP contribution in [0.15, 0.2) is 48.5 Å². The molecule has 28 heavy (non-hydrogen) atoms. The van der Waals surface area contributed by atoms with Crippen molar-refractivity contribution in [1.29, 1.82) is 0 Å². The van der Waals surface area contributed by atoms with Crippen LogP contribution in [0.5, 0.6) is 0 Å². The van der Waals surface area contributed by atoms with Crippen LogP contribution < -0.4 is 5.32 Å². The minimum absolute atomic E-state index is 0.799. The summed E-state index contributed by atoms with van der Waals surface area (Å²) in [4.78, 5) is 5.99. The lowest BCUT2D eigenvalue weighted by molar-refractivity contribution is 0.216. The van der Waals surface area contributed by atoms with Gasteiger partial charge in [-0.25, -0.2) is 0 Å². The number of likely N-dealkylation sites (tertiary alicyclic amines) is 1. The van der Waals surface area contributed by atoms with Gasteiger partial charge in [0, 0.05) is 22.8 Å². The first-order chi connectivity index (χ1) is 13.8. The second kappa shape index (κ2) is 7.41. The first kappa shape index (κ1) is 17.5. The highest BCUT2D eigenvalue weighted by Gasteiger charge is 2.16. The van der Waals surface area contributed by atoms with Crippen molar-refractivity contribution in [3.05, 3.63) is 54.1 Å². The molecular weight excluding hydrogens is 346 g/mol. The summed E-state index contributed by atoms with van der Waals surface area (Å²) in [6, 6.07) is 17.0. The Morgan fingerprint density at radius 1 is 1.04 bits per heavy atom. The second-order valence-corrected chi connectivity index (χ2v) is 8.06. The summed E-state index contributed by atoms with van der Waals surface area (Å²) < 4.78 is 0. The SMILES string of the molecule is CN1CCC(CNCc2cccc3[nH]c(-c4n[nH]c5ccccc45)cc23)CC1. The van der Waals surface area contributed by atoms with Crippen LogP contribution in [-0.2, 0) is 6.54 Å². The summed E-state index contributed by atoms with van der Waals surface area (Å²) in [7, 11) is 2.22. The molecule has 0 unspecified atom stereocenters. The lowest BCUT2D eigenvalue weighted by atomic mass is 9.97. The molecule has 3 N–H and O–H groups in total. The minimum Gasteiger partial charge on any atom is -0.353 e. The molecule has 0 bridgehead atoms. The Labute approximate surface area is 165 Å². The molecule has 144 valence electrons. The molecule has 3 heterocycles. The topological polar surface area (TPSA) is 59.7 Å². The van der Waals surface area contributed by atoms with Crippen LogP contribution in [0.1, 0.15) is 18.4 Å². The molecule has 1 saturated heterocycles. The molecule has 2 aromatic heterocycles. The van der Waals surface area contributed by atoms with Crippen molar-refractivity contribution in [1.82, 2.24) is 25.4 Å². The minimum atomic E-state index is 0.799. The van der Waals surface area contributed by atoms with E-state index in [9.17, 15) is 0 Å². The van der Waals surface area contributed by atoms with Crippen molar-refractivity contribution in [2.45, 2.75) is 19.4 Å². The first-order valence-electron chi connectivity index (χ1n) is 10.2. The molecular formula is C23H27N5. The van der Waals surface area contributed by atoms with E-state index in [0.717, 1.165) is 41.3 Å². The van der Waals surface area contributed by atoms with E-state index in [4.69, 9.17) is 0 Å². The standard InChI is InChI=1S/C23H27N5/c1-28-11-9-16(10-12-28)14-24-15-17-5-4-8-20-19(17)13-22(25-20)23-18-6-2-3-7-21(18)26-27-23/h2-8,13,16,24-25H,9-12,14-15H2,1H3,(H,26,27). The molecule has 5 heteroatoms. The van der Waals surface area contributed by atoms with Crippen molar-refractivity contribution >= 4 is 21.8 Å². The number of aromatic nitrogens is 3. The third kappa shape index (κ3) is 3.32. The van der Waals surface area contributed by atoms with Gasteiger partial charge in [-0.1, -0.05) is 30.3 Å². The van der Waals surface area contributed by atoms with E-state index in [-0.39, 0.29) is 0 Å². The Hall–Kier alpha value is -2.63. The highest BCUT2D eigenvalue weighted by molar-refractivity contribution is 5.96. The number of fused-ring (bicyclic) bond motifs is 2. The smallest absolute Gasteiger partial charge is 0.116 e. The molecule has 0 amide bonds. The van der Waals surface area contributed by atoms with Crippen LogP contribution in [0, 0.1) is 5.92 Å². The molecule has 1 aliphatic rings. The Morgan fingerprint density at radius 3 is 2.75 bits per heavy atom. The van der Waals surface area contributed by atoms with Crippen LogP contribution in [-0.4, -0.2) is 46.8 Å². The van der Waals surface area contributed by atoms with Gasteiger partial charge in [-0.3, -0.25) is 5.10 Å². The fraction of sp³-hybridized carbons (Fsp3) is 0.348. The van der Waals surface area contributed by atoms with Crippen LogP contribution >= 0.6 is 0 Å². The molecule has 0 aliphatic carbocycles. The van der Waals surface area contributed by atoms with Gasteiger partial charge in [-0.15, -0.1) is 0 Å². The molecule has 4 aromatic rings. The number of aromatic amines is 2. The zero-order valence-corrected chi connectivity index (χ0v) is 16.3. The van der Waals surface area contributed by atoms with Gasteiger partial charge < -0.3 is 15.2 Å². The van der Waals surface area contributed by atoms with Gasteiger partial charge >= 0.3 is 0 Å². The fourth-order valence-corrected chi connectivity index (χ4v) is 4.35. The van der Waals surface area contributed by atoms with Crippen molar-refractivity contribution < 1.29 is 0 Å².